The Kier molecular flexibility index (Phi) is 4.52. The highest BCUT2D eigenvalue weighted by molar-refractivity contribution is 5.76. The zero-order valence-corrected chi connectivity index (χ0v) is 11.7. The summed E-state index contributed by atoms with van der Waals surface area (Å²) in [6, 6.07) is -0.165. The van der Waals surface area contributed by atoms with Gasteiger partial charge in [-0.15, -0.1) is 10.2 Å². The first kappa shape index (κ1) is 14.0. The Morgan fingerprint density at radius 2 is 2.32 bits per heavy atom. The Morgan fingerprint density at radius 1 is 1.53 bits per heavy atom. The van der Waals surface area contributed by atoms with Crippen LogP contribution in [-0.4, -0.2) is 26.7 Å². The fourth-order valence-corrected chi connectivity index (χ4v) is 2.57. The number of hydrogen-bond acceptors (Lipinski definition) is 4. The number of amides is 1. The van der Waals surface area contributed by atoms with E-state index in [4.69, 9.17) is 5.73 Å². The van der Waals surface area contributed by atoms with Crippen LogP contribution in [0.3, 0.4) is 0 Å². The predicted molar refractivity (Wildman–Crippen MR) is 72.4 cm³/mol. The van der Waals surface area contributed by atoms with Crippen LogP contribution in [0.15, 0.2) is 0 Å². The average molecular weight is 265 g/mol. The third-order valence-corrected chi connectivity index (χ3v) is 3.51. The maximum atomic E-state index is 11.9. The van der Waals surface area contributed by atoms with Gasteiger partial charge in [-0.25, -0.2) is 0 Å². The summed E-state index contributed by atoms with van der Waals surface area (Å²) < 4.78 is 2.11. The quantitative estimate of drug-likeness (QED) is 0.801. The highest BCUT2D eigenvalue weighted by Gasteiger charge is 2.22. The molecule has 106 valence electrons. The first-order valence-electron chi connectivity index (χ1n) is 7.08. The zero-order valence-electron chi connectivity index (χ0n) is 11.7. The molecular formula is C13H23N5O. The number of aromatic nitrogens is 3. The number of carbonyl (C=O) groups excluding carboxylic acids is 1. The monoisotopic (exact) mass is 265 g/mol. The van der Waals surface area contributed by atoms with Gasteiger partial charge in [0.05, 0.1) is 6.04 Å². The number of nitrogens with two attached hydrogens (primary N) is 1. The van der Waals surface area contributed by atoms with Crippen LogP contribution >= 0.6 is 0 Å². The minimum atomic E-state index is -0.110. The van der Waals surface area contributed by atoms with Crippen molar-refractivity contribution in [3.05, 3.63) is 11.6 Å². The third-order valence-electron chi connectivity index (χ3n) is 3.51. The molecule has 0 saturated heterocycles. The van der Waals surface area contributed by atoms with Crippen LogP contribution in [0.1, 0.15) is 57.2 Å². The molecule has 1 aromatic heterocycles. The van der Waals surface area contributed by atoms with Crippen molar-refractivity contribution in [2.75, 3.05) is 0 Å². The molecule has 6 heteroatoms. The van der Waals surface area contributed by atoms with Crippen molar-refractivity contribution in [3.8, 4) is 0 Å². The van der Waals surface area contributed by atoms with Gasteiger partial charge in [-0.2, -0.15) is 0 Å². The van der Waals surface area contributed by atoms with Crippen molar-refractivity contribution in [1.82, 2.24) is 20.1 Å². The Morgan fingerprint density at radius 3 is 3.05 bits per heavy atom. The summed E-state index contributed by atoms with van der Waals surface area (Å²) in [6.07, 6.45) is 4.35. The predicted octanol–water partition coefficient (Wildman–Crippen LogP) is 0.919. The number of nitrogens with zero attached hydrogens (tertiary/aromatic N) is 3. The SMILES string of the molecule is CCCC(N)CC(=O)NC(C)c1nnc2n1CCC2. The van der Waals surface area contributed by atoms with Gasteiger partial charge in [0.25, 0.3) is 0 Å². The first-order chi connectivity index (χ1) is 9.11. The number of fused-ring (bicyclic) bond motifs is 1. The van der Waals surface area contributed by atoms with E-state index in [0.29, 0.717) is 6.42 Å². The van der Waals surface area contributed by atoms with Gasteiger partial charge in [0, 0.05) is 25.4 Å². The molecule has 1 amide bonds. The fourth-order valence-electron chi connectivity index (χ4n) is 2.57. The summed E-state index contributed by atoms with van der Waals surface area (Å²) in [4.78, 5) is 11.9. The molecule has 1 aromatic rings. The van der Waals surface area contributed by atoms with Gasteiger partial charge in [0.15, 0.2) is 5.82 Å². The molecule has 0 radical (unpaired) electrons. The van der Waals surface area contributed by atoms with E-state index in [9.17, 15) is 4.79 Å². The molecule has 0 spiro atoms. The number of hydrogen-bond donors (Lipinski definition) is 2. The van der Waals surface area contributed by atoms with E-state index in [1.807, 2.05) is 6.92 Å². The average Bonchev–Trinajstić information content (AvgIpc) is 2.89. The number of rotatable bonds is 6. The molecule has 0 fully saturated rings. The molecule has 3 N–H and O–H groups in total. The molecule has 2 unspecified atom stereocenters. The van der Waals surface area contributed by atoms with Crippen molar-refractivity contribution in [2.24, 2.45) is 5.73 Å². The van der Waals surface area contributed by atoms with Gasteiger partial charge in [0.1, 0.15) is 5.82 Å². The number of carbonyl (C=O) groups is 1. The van der Waals surface area contributed by atoms with Crippen LogP contribution in [0.2, 0.25) is 0 Å². The molecule has 0 aliphatic carbocycles. The van der Waals surface area contributed by atoms with Gasteiger partial charge >= 0.3 is 0 Å². The Bertz CT molecular complexity index is 442. The smallest absolute Gasteiger partial charge is 0.222 e. The second-order valence-electron chi connectivity index (χ2n) is 5.27. The van der Waals surface area contributed by atoms with Gasteiger partial charge in [-0.1, -0.05) is 13.3 Å². The third kappa shape index (κ3) is 3.32. The molecule has 1 aliphatic rings. The Labute approximate surface area is 113 Å². The molecule has 1 aliphatic heterocycles. The van der Waals surface area contributed by atoms with E-state index >= 15 is 0 Å². The minimum Gasteiger partial charge on any atom is -0.346 e. The topological polar surface area (TPSA) is 85.8 Å². The lowest BCUT2D eigenvalue weighted by Crippen LogP contribution is -2.34. The molecule has 2 rings (SSSR count). The molecule has 0 bridgehead atoms. The van der Waals surface area contributed by atoms with Crippen LogP contribution in [0.4, 0.5) is 0 Å². The maximum absolute atomic E-state index is 11.9. The molecule has 19 heavy (non-hydrogen) atoms. The van der Waals surface area contributed by atoms with Crippen molar-refractivity contribution in [3.63, 3.8) is 0 Å². The summed E-state index contributed by atoms with van der Waals surface area (Å²) >= 11 is 0. The zero-order chi connectivity index (χ0) is 13.8. The van der Waals surface area contributed by atoms with Crippen molar-refractivity contribution >= 4 is 5.91 Å². The summed E-state index contributed by atoms with van der Waals surface area (Å²) in [5.41, 5.74) is 5.88. The van der Waals surface area contributed by atoms with E-state index in [2.05, 4.69) is 27.0 Å². The van der Waals surface area contributed by atoms with E-state index in [-0.39, 0.29) is 18.0 Å². The lowest BCUT2D eigenvalue weighted by atomic mass is 10.1. The van der Waals surface area contributed by atoms with Crippen LogP contribution in [-0.2, 0) is 17.8 Å². The van der Waals surface area contributed by atoms with Crippen molar-refractivity contribution in [2.45, 2.75) is 64.6 Å². The second kappa shape index (κ2) is 6.14. The first-order valence-corrected chi connectivity index (χ1v) is 7.08. The maximum Gasteiger partial charge on any atom is 0.222 e. The van der Waals surface area contributed by atoms with Crippen molar-refractivity contribution < 1.29 is 4.79 Å². The van der Waals surface area contributed by atoms with E-state index in [0.717, 1.165) is 43.9 Å². The van der Waals surface area contributed by atoms with Crippen LogP contribution in [0.5, 0.6) is 0 Å². The molecule has 0 aromatic carbocycles. The summed E-state index contributed by atoms with van der Waals surface area (Å²) in [7, 11) is 0. The largest absolute Gasteiger partial charge is 0.346 e. The highest BCUT2D eigenvalue weighted by atomic mass is 16.1. The van der Waals surface area contributed by atoms with Gasteiger partial charge in [0.2, 0.25) is 5.91 Å². The molecule has 0 saturated carbocycles. The van der Waals surface area contributed by atoms with E-state index < -0.39 is 0 Å². The molecule has 6 nitrogen and oxygen atoms in total. The van der Waals surface area contributed by atoms with Crippen LogP contribution in [0.25, 0.3) is 0 Å². The molecular weight excluding hydrogens is 242 g/mol. The van der Waals surface area contributed by atoms with E-state index in [1.165, 1.54) is 0 Å². The summed E-state index contributed by atoms with van der Waals surface area (Å²) in [5.74, 6) is 1.87. The molecule has 2 atom stereocenters. The Balaban J connectivity index is 1.90. The number of aryl methyl sites for hydroxylation is 1. The summed E-state index contributed by atoms with van der Waals surface area (Å²) in [5, 5.41) is 11.3. The van der Waals surface area contributed by atoms with Gasteiger partial charge in [-0.05, 0) is 19.8 Å². The lowest BCUT2D eigenvalue weighted by molar-refractivity contribution is -0.122. The van der Waals surface area contributed by atoms with Crippen molar-refractivity contribution in [1.29, 1.82) is 0 Å². The Hall–Kier alpha value is -1.43. The second-order valence-corrected chi connectivity index (χ2v) is 5.27. The highest BCUT2D eigenvalue weighted by Crippen LogP contribution is 2.18. The summed E-state index contributed by atoms with van der Waals surface area (Å²) in [6.45, 7) is 4.96. The van der Waals surface area contributed by atoms with Gasteiger partial charge < -0.3 is 15.6 Å². The van der Waals surface area contributed by atoms with Crippen LogP contribution < -0.4 is 11.1 Å². The normalized spacial score (nSPS) is 17.0. The minimum absolute atomic E-state index is 0.0104. The molecule has 2 heterocycles. The van der Waals surface area contributed by atoms with E-state index in [1.54, 1.807) is 0 Å². The lowest BCUT2D eigenvalue weighted by Gasteiger charge is -2.16. The van der Waals surface area contributed by atoms with Gasteiger partial charge in [-0.3, -0.25) is 4.79 Å². The van der Waals surface area contributed by atoms with Crippen LogP contribution in [0, 0.1) is 0 Å². The fraction of sp³-hybridized carbons (Fsp3) is 0.769. The number of nitrogens with one attached hydrogen (secondary N) is 1. The standard InChI is InChI=1S/C13H23N5O/c1-3-5-10(14)8-12(19)15-9(2)13-17-16-11-6-4-7-18(11)13/h9-10H,3-8,14H2,1-2H3,(H,15,19).